The molecule has 0 atom stereocenters. The third kappa shape index (κ3) is 3.90. The average molecular weight is 387 g/mol. The molecular formula is C20H19F2N3O3. The van der Waals surface area contributed by atoms with Gasteiger partial charge in [-0.2, -0.15) is 8.78 Å². The van der Waals surface area contributed by atoms with Gasteiger partial charge in [0.25, 0.3) is 0 Å². The van der Waals surface area contributed by atoms with E-state index in [2.05, 4.69) is 15.2 Å². The molecule has 1 saturated heterocycles. The second-order valence-corrected chi connectivity index (χ2v) is 6.56. The van der Waals surface area contributed by atoms with Crippen molar-refractivity contribution < 1.29 is 22.8 Å². The van der Waals surface area contributed by atoms with E-state index >= 15 is 0 Å². The molecule has 0 radical (unpaired) electrons. The minimum absolute atomic E-state index is 0.114. The highest BCUT2D eigenvalue weighted by molar-refractivity contribution is 5.91. The van der Waals surface area contributed by atoms with Crippen molar-refractivity contribution in [3.05, 3.63) is 42.5 Å². The Balaban J connectivity index is 1.48. The van der Waals surface area contributed by atoms with Crippen LogP contribution in [0.5, 0.6) is 5.75 Å². The molecule has 0 unspecified atom stereocenters. The van der Waals surface area contributed by atoms with Crippen molar-refractivity contribution in [2.45, 2.75) is 19.5 Å². The summed E-state index contributed by atoms with van der Waals surface area (Å²) in [7, 11) is 0. The van der Waals surface area contributed by atoms with Gasteiger partial charge in [-0.3, -0.25) is 4.79 Å². The van der Waals surface area contributed by atoms with Gasteiger partial charge in [0.15, 0.2) is 11.4 Å². The highest BCUT2D eigenvalue weighted by Crippen LogP contribution is 2.30. The van der Waals surface area contributed by atoms with Gasteiger partial charge in [0, 0.05) is 26.1 Å². The van der Waals surface area contributed by atoms with Gasteiger partial charge in [0.2, 0.25) is 5.91 Å². The van der Waals surface area contributed by atoms with Crippen LogP contribution < -0.4 is 10.1 Å². The third-order valence-electron chi connectivity index (χ3n) is 4.73. The summed E-state index contributed by atoms with van der Waals surface area (Å²) in [5.74, 6) is 0.915. The van der Waals surface area contributed by atoms with Crippen LogP contribution in [0.2, 0.25) is 0 Å². The zero-order valence-electron chi connectivity index (χ0n) is 15.0. The number of likely N-dealkylation sites (tertiary alicyclic amines) is 1. The molecule has 0 saturated carbocycles. The number of rotatable bonds is 7. The molecule has 146 valence electrons. The summed E-state index contributed by atoms with van der Waals surface area (Å²) in [5.41, 5.74) is 2.40. The number of carbonyl (C=O) groups excluding carboxylic acids is 1. The lowest BCUT2D eigenvalue weighted by molar-refractivity contribution is -0.127. The Bertz CT molecular complexity index is 972. The molecule has 3 aromatic rings. The number of ether oxygens (including phenoxy) is 1. The van der Waals surface area contributed by atoms with Crippen LogP contribution in [-0.2, 0) is 4.79 Å². The second-order valence-electron chi connectivity index (χ2n) is 6.56. The lowest BCUT2D eigenvalue weighted by Gasteiger charge is -2.15. The fraction of sp³-hybridized carbons (Fsp3) is 0.300. The number of nitrogens with one attached hydrogen (secondary N) is 1. The van der Waals surface area contributed by atoms with Crippen LogP contribution in [0.3, 0.4) is 0 Å². The first-order chi connectivity index (χ1) is 13.6. The van der Waals surface area contributed by atoms with Crippen molar-refractivity contribution in [3.8, 4) is 16.9 Å². The molecule has 2 aromatic carbocycles. The van der Waals surface area contributed by atoms with Gasteiger partial charge in [-0.05, 0) is 41.8 Å². The Morgan fingerprint density at radius 1 is 1.18 bits per heavy atom. The average Bonchev–Trinajstić information content (AvgIpc) is 3.28. The predicted molar refractivity (Wildman–Crippen MR) is 100 cm³/mol. The van der Waals surface area contributed by atoms with Crippen molar-refractivity contribution in [2.75, 3.05) is 25.0 Å². The van der Waals surface area contributed by atoms with E-state index in [0.29, 0.717) is 30.9 Å². The van der Waals surface area contributed by atoms with Gasteiger partial charge < -0.3 is 19.5 Å². The molecule has 28 heavy (non-hydrogen) atoms. The van der Waals surface area contributed by atoms with E-state index in [1.807, 2.05) is 23.1 Å². The molecule has 6 nitrogen and oxygen atoms in total. The van der Waals surface area contributed by atoms with Crippen LogP contribution >= 0.6 is 0 Å². The minimum atomic E-state index is -2.84. The molecule has 0 bridgehead atoms. The highest BCUT2D eigenvalue weighted by Gasteiger charge is 2.19. The standard InChI is InChI=1S/C20H19F2N3O3/c21-20(22)27-15-6-3-13(4-7-15)14-5-8-17-16(12-14)19(24-28-17)23-9-11-25-10-1-2-18(25)26/h3-8,12,20H,1-2,9-11H2,(H,23,24). The largest absolute Gasteiger partial charge is 0.435 e. The van der Waals surface area contributed by atoms with E-state index in [0.717, 1.165) is 29.5 Å². The first-order valence-corrected chi connectivity index (χ1v) is 9.06. The zero-order valence-corrected chi connectivity index (χ0v) is 15.0. The number of hydrogen-bond acceptors (Lipinski definition) is 5. The van der Waals surface area contributed by atoms with Crippen molar-refractivity contribution in [3.63, 3.8) is 0 Å². The summed E-state index contributed by atoms with van der Waals surface area (Å²) in [6, 6.07) is 12.1. The number of nitrogens with zero attached hydrogens (tertiary/aromatic N) is 2. The Hall–Kier alpha value is -3.16. The van der Waals surface area contributed by atoms with Gasteiger partial charge in [-0.1, -0.05) is 23.4 Å². The molecule has 2 heterocycles. The van der Waals surface area contributed by atoms with E-state index in [1.165, 1.54) is 12.1 Å². The maximum atomic E-state index is 12.3. The summed E-state index contributed by atoms with van der Waals surface area (Å²) in [6.07, 6.45) is 1.54. The summed E-state index contributed by atoms with van der Waals surface area (Å²) in [6.45, 7) is -0.839. The SMILES string of the molecule is O=C1CCCN1CCNc1noc2ccc(-c3ccc(OC(F)F)cc3)cc12. The number of carbonyl (C=O) groups is 1. The topological polar surface area (TPSA) is 67.6 Å². The maximum absolute atomic E-state index is 12.3. The number of aromatic nitrogens is 1. The Morgan fingerprint density at radius 2 is 1.96 bits per heavy atom. The Labute approximate surface area is 160 Å². The predicted octanol–water partition coefficient (Wildman–Crippen LogP) is 4.13. The molecule has 8 heteroatoms. The number of alkyl halides is 2. The summed E-state index contributed by atoms with van der Waals surface area (Å²) in [5, 5.41) is 8.11. The monoisotopic (exact) mass is 387 g/mol. The number of hydrogen-bond donors (Lipinski definition) is 1. The normalized spacial score (nSPS) is 14.2. The lowest BCUT2D eigenvalue weighted by Crippen LogP contribution is -2.30. The first kappa shape index (κ1) is 18.2. The molecular weight excluding hydrogens is 368 g/mol. The molecule has 1 aliphatic rings. The Morgan fingerprint density at radius 3 is 2.68 bits per heavy atom. The zero-order chi connectivity index (χ0) is 19.5. The first-order valence-electron chi connectivity index (χ1n) is 9.06. The fourth-order valence-corrected chi connectivity index (χ4v) is 3.32. The van der Waals surface area contributed by atoms with Crippen LogP contribution in [0.1, 0.15) is 12.8 Å². The summed E-state index contributed by atoms with van der Waals surface area (Å²) in [4.78, 5) is 13.5. The number of benzene rings is 2. The molecule has 1 fully saturated rings. The number of fused-ring (bicyclic) bond motifs is 1. The van der Waals surface area contributed by atoms with Crippen LogP contribution in [0.4, 0.5) is 14.6 Å². The van der Waals surface area contributed by atoms with E-state index in [9.17, 15) is 13.6 Å². The smallest absolute Gasteiger partial charge is 0.387 e. The van der Waals surface area contributed by atoms with Crippen LogP contribution in [0, 0.1) is 0 Å². The van der Waals surface area contributed by atoms with Crippen molar-refractivity contribution >= 4 is 22.7 Å². The van der Waals surface area contributed by atoms with Crippen molar-refractivity contribution in [1.82, 2.24) is 10.1 Å². The van der Waals surface area contributed by atoms with E-state index in [4.69, 9.17) is 4.52 Å². The number of anilines is 1. The van der Waals surface area contributed by atoms with E-state index in [1.54, 1.807) is 12.1 Å². The highest BCUT2D eigenvalue weighted by atomic mass is 19.3. The summed E-state index contributed by atoms with van der Waals surface area (Å²) >= 11 is 0. The van der Waals surface area contributed by atoms with Crippen LogP contribution in [-0.4, -0.2) is 42.2 Å². The van der Waals surface area contributed by atoms with Gasteiger partial charge in [0.05, 0.1) is 5.39 Å². The minimum Gasteiger partial charge on any atom is -0.435 e. The molecule has 1 aromatic heterocycles. The lowest BCUT2D eigenvalue weighted by atomic mass is 10.0. The maximum Gasteiger partial charge on any atom is 0.387 e. The quantitative estimate of drug-likeness (QED) is 0.660. The summed E-state index contributed by atoms with van der Waals surface area (Å²) < 4.78 is 34.3. The molecule has 1 N–H and O–H groups in total. The van der Waals surface area contributed by atoms with Gasteiger partial charge in [-0.25, -0.2) is 0 Å². The third-order valence-corrected chi connectivity index (χ3v) is 4.73. The van der Waals surface area contributed by atoms with Crippen molar-refractivity contribution in [2.24, 2.45) is 0 Å². The van der Waals surface area contributed by atoms with Gasteiger partial charge >= 0.3 is 6.61 Å². The molecule has 0 aliphatic carbocycles. The molecule has 1 amide bonds. The van der Waals surface area contributed by atoms with Crippen molar-refractivity contribution in [1.29, 1.82) is 0 Å². The van der Waals surface area contributed by atoms with Crippen LogP contribution in [0.15, 0.2) is 47.0 Å². The van der Waals surface area contributed by atoms with E-state index < -0.39 is 6.61 Å². The van der Waals surface area contributed by atoms with Crippen LogP contribution in [0.25, 0.3) is 22.1 Å². The van der Waals surface area contributed by atoms with Gasteiger partial charge in [-0.15, -0.1) is 0 Å². The fourth-order valence-electron chi connectivity index (χ4n) is 3.32. The molecule has 0 spiro atoms. The molecule has 4 rings (SSSR count). The molecule has 1 aliphatic heterocycles. The Kier molecular flexibility index (Phi) is 5.10. The van der Waals surface area contributed by atoms with Gasteiger partial charge in [0.1, 0.15) is 5.75 Å². The second kappa shape index (κ2) is 7.84. The number of amides is 1. The van der Waals surface area contributed by atoms with E-state index in [-0.39, 0.29) is 11.7 Å². The number of halogens is 2.